The maximum atomic E-state index is 12.5. The van der Waals surface area contributed by atoms with Gasteiger partial charge in [0.15, 0.2) is 0 Å². The summed E-state index contributed by atoms with van der Waals surface area (Å²) in [6, 6.07) is 0. The van der Waals surface area contributed by atoms with E-state index in [0.717, 1.165) is 44.9 Å². The molecule has 4 nitrogen and oxygen atoms in total. The second-order valence-electron chi connectivity index (χ2n) is 7.71. The average molecular weight is 383 g/mol. The largest absolute Gasteiger partial charge is 0.469 e. The van der Waals surface area contributed by atoms with Gasteiger partial charge in [-0.1, -0.05) is 31.9 Å². The van der Waals surface area contributed by atoms with Gasteiger partial charge in [-0.05, 0) is 50.9 Å². The quantitative estimate of drug-likeness (QED) is 0.339. The lowest BCUT2D eigenvalue weighted by molar-refractivity contribution is -0.140. The summed E-state index contributed by atoms with van der Waals surface area (Å²) in [6.45, 7) is 2.18. The van der Waals surface area contributed by atoms with Crippen molar-refractivity contribution in [2.24, 2.45) is 11.8 Å². The predicted molar refractivity (Wildman–Crippen MR) is 106 cm³/mol. The van der Waals surface area contributed by atoms with Gasteiger partial charge < -0.3 is 9.84 Å². The third kappa shape index (κ3) is 6.12. The number of esters is 1. The highest BCUT2D eigenvalue weighted by molar-refractivity contribution is 8.01. The minimum absolute atomic E-state index is 0.115. The van der Waals surface area contributed by atoms with Crippen LogP contribution in [0.1, 0.15) is 77.6 Å². The predicted octanol–water partition coefficient (Wildman–Crippen LogP) is 4.65. The Morgan fingerprint density at radius 3 is 2.88 bits per heavy atom. The topological polar surface area (TPSA) is 63.6 Å². The molecule has 0 aromatic carbocycles. The molecular weight excluding hydrogens is 348 g/mol. The maximum absolute atomic E-state index is 12.5. The van der Waals surface area contributed by atoms with Gasteiger partial charge in [0.2, 0.25) is 0 Å². The molecule has 0 radical (unpaired) electrons. The first-order valence-electron chi connectivity index (χ1n) is 10.1. The molecule has 1 aliphatic heterocycles. The van der Waals surface area contributed by atoms with Crippen molar-refractivity contribution in [1.82, 2.24) is 0 Å². The lowest BCUT2D eigenvalue weighted by Gasteiger charge is -2.39. The van der Waals surface area contributed by atoms with Gasteiger partial charge in [-0.2, -0.15) is 0 Å². The molecule has 2 rings (SSSR count). The van der Waals surface area contributed by atoms with Crippen LogP contribution in [0.4, 0.5) is 0 Å². The molecule has 1 saturated carbocycles. The van der Waals surface area contributed by atoms with Gasteiger partial charge in [0.25, 0.3) is 0 Å². The van der Waals surface area contributed by atoms with Gasteiger partial charge in [0.05, 0.1) is 7.11 Å². The monoisotopic (exact) mass is 382 g/mol. The minimum atomic E-state index is -0.616. The van der Waals surface area contributed by atoms with Crippen LogP contribution in [0.5, 0.6) is 0 Å². The maximum Gasteiger partial charge on any atom is 0.305 e. The number of hydrogen-bond acceptors (Lipinski definition) is 5. The van der Waals surface area contributed by atoms with E-state index in [4.69, 9.17) is 0 Å². The zero-order valence-corrected chi connectivity index (χ0v) is 17.1. The number of ether oxygens (including phenoxy) is 1. The number of aliphatic hydroxyl groups is 1. The Morgan fingerprint density at radius 1 is 1.35 bits per heavy atom. The first kappa shape index (κ1) is 21.5. The highest BCUT2D eigenvalue weighted by Gasteiger charge is 2.49. The molecule has 2 fully saturated rings. The van der Waals surface area contributed by atoms with Crippen LogP contribution in [0.3, 0.4) is 0 Å². The zero-order valence-electron chi connectivity index (χ0n) is 16.2. The SMILES string of the molecule is CCCCCC1(O)CC[C@H]2C(CC(=O)[C@@H]2C/C=C\CCCC(=O)OC)S1. The Labute approximate surface area is 162 Å². The Hall–Kier alpha value is -0.810. The van der Waals surface area contributed by atoms with Crippen LogP contribution in [0, 0.1) is 11.8 Å². The Kier molecular flexibility index (Phi) is 8.68. The van der Waals surface area contributed by atoms with Gasteiger partial charge in [0.1, 0.15) is 10.7 Å². The summed E-state index contributed by atoms with van der Waals surface area (Å²) < 4.78 is 4.63. The molecule has 1 N–H and O–H groups in total. The second kappa shape index (κ2) is 10.5. The van der Waals surface area contributed by atoms with Gasteiger partial charge in [0, 0.05) is 24.0 Å². The molecule has 2 unspecified atom stereocenters. The van der Waals surface area contributed by atoms with E-state index >= 15 is 0 Å². The molecule has 4 atom stereocenters. The van der Waals surface area contributed by atoms with Crippen molar-refractivity contribution >= 4 is 23.5 Å². The van der Waals surface area contributed by atoms with Crippen molar-refractivity contribution in [2.45, 2.75) is 87.7 Å². The first-order valence-corrected chi connectivity index (χ1v) is 11.0. The van der Waals surface area contributed by atoms with Crippen molar-refractivity contribution in [3.05, 3.63) is 12.2 Å². The summed E-state index contributed by atoms with van der Waals surface area (Å²) in [5.74, 6) is 0.727. The Bertz CT molecular complexity index is 504. The molecule has 5 heteroatoms. The average Bonchev–Trinajstić information content (AvgIpc) is 2.91. The number of allylic oxidation sites excluding steroid dienone is 2. The fourth-order valence-corrected chi connectivity index (χ4v) is 6.03. The molecule has 0 aromatic rings. The molecule has 1 aliphatic carbocycles. The van der Waals surface area contributed by atoms with E-state index in [1.165, 1.54) is 20.0 Å². The molecule has 26 heavy (non-hydrogen) atoms. The first-order chi connectivity index (χ1) is 12.5. The number of thioether (sulfide) groups is 1. The zero-order chi connectivity index (χ0) is 19.0. The van der Waals surface area contributed by atoms with Crippen LogP contribution >= 0.6 is 11.8 Å². The third-order valence-corrected chi connectivity index (χ3v) is 7.42. The minimum Gasteiger partial charge on any atom is -0.469 e. The molecule has 0 amide bonds. The number of ketones is 1. The number of fused-ring (bicyclic) bond motifs is 1. The highest BCUT2D eigenvalue weighted by atomic mass is 32.2. The van der Waals surface area contributed by atoms with Gasteiger partial charge in [-0.15, -0.1) is 11.8 Å². The van der Waals surface area contributed by atoms with Gasteiger partial charge in [-0.25, -0.2) is 0 Å². The fourth-order valence-electron chi connectivity index (χ4n) is 4.22. The van der Waals surface area contributed by atoms with Crippen LogP contribution in [0.15, 0.2) is 12.2 Å². The van der Waals surface area contributed by atoms with E-state index < -0.39 is 4.93 Å². The van der Waals surface area contributed by atoms with Crippen molar-refractivity contribution in [1.29, 1.82) is 0 Å². The molecule has 0 bridgehead atoms. The number of unbranched alkanes of at least 4 members (excludes halogenated alkanes) is 3. The number of carbonyl (C=O) groups excluding carboxylic acids is 2. The normalized spacial score (nSPS) is 31.3. The molecule has 148 valence electrons. The van der Waals surface area contributed by atoms with Gasteiger partial charge >= 0.3 is 5.97 Å². The van der Waals surface area contributed by atoms with E-state index in [0.29, 0.717) is 29.8 Å². The summed E-state index contributed by atoms with van der Waals surface area (Å²) >= 11 is 1.67. The van der Waals surface area contributed by atoms with Crippen LogP contribution in [-0.4, -0.2) is 34.2 Å². The highest BCUT2D eigenvalue weighted by Crippen LogP contribution is 2.52. The summed E-state index contributed by atoms with van der Waals surface area (Å²) in [6.07, 6.45) is 13.7. The second-order valence-corrected chi connectivity index (χ2v) is 9.32. The fraction of sp³-hybridized carbons (Fsp3) is 0.810. The van der Waals surface area contributed by atoms with Crippen molar-refractivity contribution in [3.8, 4) is 0 Å². The Balaban J connectivity index is 1.77. The van der Waals surface area contributed by atoms with E-state index in [1.807, 2.05) is 0 Å². The molecule has 2 aliphatic rings. The molecule has 0 aromatic heterocycles. The van der Waals surface area contributed by atoms with Crippen LogP contribution < -0.4 is 0 Å². The van der Waals surface area contributed by atoms with Gasteiger partial charge in [-0.3, -0.25) is 9.59 Å². The summed E-state index contributed by atoms with van der Waals surface area (Å²) in [4.78, 5) is 22.9. The number of methoxy groups -OCH3 is 1. The standard InChI is InChI=1S/C21H34O4S/c1-3-4-9-13-21(24)14-12-17-16(18(22)15-19(17)26-21)10-7-5-6-8-11-20(23)25-2/h5,7,16-17,19,24H,3-4,6,8-15H2,1-2H3/b7-5-/t16-,17-,19?,21?/m1/s1. The summed E-state index contributed by atoms with van der Waals surface area (Å²) in [5.41, 5.74) is 0. The van der Waals surface area contributed by atoms with Crippen molar-refractivity contribution in [3.63, 3.8) is 0 Å². The summed E-state index contributed by atoms with van der Waals surface area (Å²) in [7, 11) is 1.41. The summed E-state index contributed by atoms with van der Waals surface area (Å²) in [5, 5.41) is 11.1. The van der Waals surface area contributed by atoms with E-state index in [1.54, 1.807) is 11.8 Å². The molecular formula is C21H34O4S. The third-order valence-electron chi connectivity index (χ3n) is 5.76. The number of carbonyl (C=O) groups is 2. The smallest absolute Gasteiger partial charge is 0.305 e. The number of rotatable bonds is 10. The van der Waals surface area contributed by atoms with Crippen LogP contribution in [-0.2, 0) is 14.3 Å². The number of hydrogen-bond donors (Lipinski definition) is 1. The Morgan fingerprint density at radius 2 is 2.15 bits per heavy atom. The lowest BCUT2D eigenvalue weighted by Crippen LogP contribution is -2.36. The van der Waals surface area contributed by atoms with Crippen LogP contribution in [0.25, 0.3) is 0 Å². The van der Waals surface area contributed by atoms with Crippen molar-refractivity contribution in [2.75, 3.05) is 7.11 Å². The molecule has 0 spiro atoms. The van der Waals surface area contributed by atoms with E-state index in [9.17, 15) is 14.7 Å². The molecule has 1 saturated heterocycles. The molecule has 1 heterocycles. The van der Waals surface area contributed by atoms with Crippen molar-refractivity contribution < 1.29 is 19.4 Å². The van der Waals surface area contributed by atoms with E-state index in [-0.39, 0.29) is 11.9 Å². The lowest BCUT2D eigenvalue weighted by atomic mass is 9.86. The van der Waals surface area contributed by atoms with E-state index in [2.05, 4.69) is 23.8 Å². The van der Waals surface area contributed by atoms with Crippen LogP contribution in [0.2, 0.25) is 0 Å². The number of Topliss-reactive ketones (excluding diaryl/α,β-unsaturated/α-hetero) is 1.